The molecule has 0 amide bonds. The molecule has 0 heterocycles. The quantitative estimate of drug-likeness (QED) is 0.378. The van der Waals surface area contributed by atoms with E-state index >= 15 is 0 Å². The van der Waals surface area contributed by atoms with E-state index in [4.69, 9.17) is 4.74 Å². The molecule has 0 aromatic heterocycles. The van der Waals surface area contributed by atoms with Crippen LogP contribution in [0.15, 0.2) is 30.3 Å². The number of hydrogen-bond acceptors (Lipinski definition) is 1. The van der Waals surface area contributed by atoms with Gasteiger partial charge in [-0.25, -0.2) is 8.78 Å². The van der Waals surface area contributed by atoms with E-state index in [0.717, 1.165) is 75.3 Å². The second kappa shape index (κ2) is 10.9. The van der Waals surface area contributed by atoms with Gasteiger partial charge in [0.2, 0.25) is 5.82 Å². The van der Waals surface area contributed by atoms with Crippen molar-refractivity contribution in [1.29, 1.82) is 0 Å². The van der Waals surface area contributed by atoms with Crippen LogP contribution in [0.2, 0.25) is 0 Å². The van der Waals surface area contributed by atoms with Crippen LogP contribution in [0.4, 0.5) is 13.2 Å². The van der Waals surface area contributed by atoms with E-state index in [0.29, 0.717) is 11.5 Å². The fourth-order valence-electron chi connectivity index (χ4n) is 4.67. The van der Waals surface area contributed by atoms with E-state index < -0.39 is 11.6 Å². The summed E-state index contributed by atoms with van der Waals surface area (Å²) in [6.45, 7) is 2.15. The van der Waals surface area contributed by atoms with Crippen LogP contribution in [-0.4, -0.2) is 7.11 Å². The fraction of sp³-hybridized carbons (Fsp3) is 0.538. The van der Waals surface area contributed by atoms with Crippen LogP contribution in [0.25, 0.3) is 0 Å². The molecule has 1 fully saturated rings. The number of methoxy groups -OCH3 is 1. The van der Waals surface area contributed by atoms with Gasteiger partial charge in [-0.2, -0.15) is 4.39 Å². The first kappa shape index (κ1) is 22.7. The molecule has 1 saturated carbocycles. The number of halogens is 3. The first-order chi connectivity index (χ1) is 14.5. The van der Waals surface area contributed by atoms with E-state index in [1.807, 2.05) is 6.07 Å². The Morgan fingerprint density at radius 2 is 1.67 bits per heavy atom. The van der Waals surface area contributed by atoms with Crippen LogP contribution in [0.1, 0.15) is 80.9 Å². The zero-order valence-electron chi connectivity index (χ0n) is 18.2. The van der Waals surface area contributed by atoms with E-state index in [2.05, 4.69) is 13.0 Å². The molecule has 3 rings (SSSR count). The average Bonchev–Trinajstić information content (AvgIpc) is 2.76. The summed E-state index contributed by atoms with van der Waals surface area (Å²) < 4.78 is 47.6. The molecule has 4 heteroatoms. The highest BCUT2D eigenvalue weighted by Crippen LogP contribution is 2.39. The second-order valence-electron chi connectivity index (χ2n) is 8.62. The van der Waals surface area contributed by atoms with Gasteiger partial charge in [0, 0.05) is 0 Å². The molecule has 0 aliphatic heterocycles. The van der Waals surface area contributed by atoms with Crippen molar-refractivity contribution in [1.82, 2.24) is 0 Å². The minimum absolute atomic E-state index is 0.0476. The van der Waals surface area contributed by atoms with Gasteiger partial charge in [0.25, 0.3) is 0 Å². The third kappa shape index (κ3) is 5.59. The highest BCUT2D eigenvalue weighted by atomic mass is 19.2. The van der Waals surface area contributed by atoms with Gasteiger partial charge in [-0.05, 0) is 92.0 Å². The molecule has 1 aliphatic carbocycles. The standard InChI is InChI=1S/C26H33F3O/c1-3-4-5-6-21-14-11-19(17-23(21)27)8-7-18-9-12-20(13-10-18)22-15-16-24(30-2)26(29)25(22)28/h11,14-18,20H,3-10,12-13H2,1-2H3. The van der Waals surface area contributed by atoms with E-state index in [9.17, 15) is 13.2 Å². The summed E-state index contributed by atoms with van der Waals surface area (Å²) in [7, 11) is 1.34. The van der Waals surface area contributed by atoms with Gasteiger partial charge < -0.3 is 4.74 Å². The third-order valence-electron chi connectivity index (χ3n) is 6.59. The Bertz CT molecular complexity index is 825. The first-order valence-corrected chi connectivity index (χ1v) is 11.3. The molecular formula is C26H33F3O. The highest BCUT2D eigenvalue weighted by molar-refractivity contribution is 5.33. The van der Waals surface area contributed by atoms with Gasteiger partial charge in [-0.1, -0.05) is 38.0 Å². The largest absolute Gasteiger partial charge is 0.494 e. The van der Waals surface area contributed by atoms with Crippen molar-refractivity contribution in [3.8, 4) is 5.75 Å². The lowest BCUT2D eigenvalue weighted by molar-refractivity contribution is 0.303. The molecule has 1 nitrogen and oxygen atoms in total. The van der Waals surface area contributed by atoms with Gasteiger partial charge in [0.15, 0.2) is 11.6 Å². The Balaban J connectivity index is 1.49. The predicted molar refractivity (Wildman–Crippen MR) is 116 cm³/mol. The average molecular weight is 419 g/mol. The number of unbranched alkanes of at least 4 members (excludes halogenated alkanes) is 2. The molecule has 1 aliphatic rings. The molecular weight excluding hydrogens is 385 g/mol. The number of benzene rings is 2. The Morgan fingerprint density at radius 3 is 2.33 bits per heavy atom. The van der Waals surface area contributed by atoms with Gasteiger partial charge >= 0.3 is 0 Å². The van der Waals surface area contributed by atoms with Gasteiger partial charge in [0.1, 0.15) is 5.82 Å². The summed E-state index contributed by atoms with van der Waals surface area (Å²) in [4.78, 5) is 0. The molecule has 0 saturated heterocycles. The van der Waals surface area contributed by atoms with Crippen molar-refractivity contribution < 1.29 is 17.9 Å². The van der Waals surface area contributed by atoms with Crippen molar-refractivity contribution in [2.45, 2.75) is 77.0 Å². The summed E-state index contributed by atoms with van der Waals surface area (Å²) in [6, 6.07) is 8.87. The van der Waals surface area contributed by atoms with Gasteiger partial charge in [-0.3, -0.25) is 0 Å². The molecule has 0 bridgehead atoms. The second-order valence-corrected chi connectivity index (χ2v) is 8.62. The molecule has 30 heavy (non-hydrogen) atoms. The zero-order valence-corrected chi connectivity index (χ0v) is 18.2. The van der Waals surface area contributed by atoms with Gasteiger partial charge in [-0.15, -0.1) is 0 Å². The Kier molecular flexibility index (Phi) is 8.24. The summed E-state index contributed by atoms with van der Waals surface area (Å²) in [5.74, 6) is -1.18. The molecule has 2 aromatic carbocycles. The molecule has 0 atom stereocenters. The minimum Gasteiger partial charge on any atom is -0.494 e. The lowest BCUT2D eigenvalue weighted by Crippen LogP contribution is -2.15. The normalized spacial score (nSPS) is 19.1. The fourth-order valence-corrected chi connectivity index (χ4v) is 4.67. The van der Waals surface area contributed by atoms with Crippen molar-refractivity contribution in [3.63, 3.8) is 0 Å². The Morgan fingerprint density at radius 1 is 0.900 bits per heavy atom. The van der Waals surface area contributed by atoms with Crippen LogP contribution in [-0.2, 0) is 12.8 Å². The van der Waals surface area contributed by atoms with Crippen LogP contribution in [0.5, 0.6) is 5.75 Å². The monoisotopic (exact) mass is 418 g/mol. The van der Waals surface area contributed by atoms with Crippen molar-refractivity contribution >= 4 is 0 Å². The van der Waals surface area contributed by atoms with E-state index in [1.165, 1.54) is 13.2 Å². The number of hydrogen-bond donors (Lipinski definition) is 0. The summed E-state index contributed by atoms with van der Waals surface area (Å²) in [6.07, 6.45) is 9.72. The highest BCUT2D eigenvalue weighted by Gasteiger charge is 2.26. The lowest BCUT2D eigenvalue weighted by atomic mass is 9.76. The van der Waals surface area contributed by atoms with Gasteiger partial charge in [0.05, 0.1) is 7.11 Å². The summed E-state index contributed by atoms with van der Waals surface area (Å²) in [5, 5.41) is 0. The maximum Gasteiger partial charge on any atom is 0.200 e. The zero-order chi connectivity index (χ0) is 21.5. The van der Waals surface area contributed by atoms with E-state index in [1.54, 1.807) is 12.1 Å². The molecule has 0 N–H and O–H groups in total. The SMILES string of the molecule is CCCCCc1ccc(CCC2CCC(c3ccc(OC)c(F)c3F)CC2)cc1F. The molecule has 2 aromatic rings. The number of rotatable bonds is 9. The Labute approximate surface area is 178 Å². The molecule has 0 spiro atoms. The first-order valence-electron chi connectivity index (χ1n) is 11.3. The number of ether oxygens (including phenoxy) is 1. The van der Waals surface area contributed by atoms with Crippen LogP contribution < -0.4 is 4.74 Å². The summed E-state index contributed by atoms with van der Waals surface area (Å²) >= 11 is 0. The Hall–Kier alpha value is -1.97. The molecule has 0 radical (unpaired) electrons. The topological polar surface area (TPSA) is 9.23 Å². The van der Waals surface area contributed by atoms with Crippen molar-refractivity contribution in [2.24, 2.45) is 5.92 Å². The lowest BCUT2D eigenvalue weighted by Gasteiger charge is -2.29. The predicted octanol–water partition coefficient (Wildman–Crippen LogP) is 7.75. The van der Waals surface area contributed by atoms with Crippen molar-refractivity contribution in [2.75, 3.05) is 7.11 Å². The third-order valence-corrected chi connectivity index (χ3v) is 6.59. The van der Waals surface area contributed by atoms with Crippen LogP contribution in [0, 0.1) is 23.4 Å². The number of aryl methyl sites for hydroxylation is 2. The van der Waals surface area contributed by atoms with E-state index in [-0.39, 0.29) is 17.5 Å². The summed E-state index contributed by atoms with van der Waals surface area (Å²) in [5.41, 5.74) is 2.34. The minimum atomic E-state index is -0.891. The maximum absolute atomic E-state index is 14.4. The smallest absolute Gasteiger partial charge is 0.200 e. The van der Waals surface area contributed by atoms with Crippen molar-refractivity contribution in [3.05, 3.63) is 64.5 Å². The molecule has 0 unspecified atom stereocenters. The maximum atomic E-state index is 14.4. The van der Waals surface area contributed by atoms with Crippen LogP contribution in [0.3, 0.4) is 0 Å². The molecule has 164 valence electrons. The van der Waals surface area contributed by atoms with Crippen LogP contribution >= 0.6 is 0 Å².